The van der Waals surface area contributed by atoms with Gasteiger partial charge >= 0.3 is 6.18 Å². The Hall–Kier alpha value is -1.45. The van der Waals surface area contributed by atoms with Gasteiger partial charge in [0.2, 0.25) is 0 Å². The molecule has 0 aliphatic heterocycles. The van der Waals surface area contributed by atoms with Gasteiger partial charge in [-0.15, -0.1) is 0 Å². The first-order chi connectivity index (χ1) is 8.39. The quantitative estimate of drug-likeness (QED) is 0.719. The van der Waals surface area contributed by atoms with Gasteiger partial charge in [-0.05, 0) is 31.2 Å². The Bertz CT molecular complexity index is 326. The minimum atomic E-state index is -4.28. The molecule has 0 aliphatic rings. The third kappa shape index (κ3) is 7.76. The van der Waals surface area contributed by atoms with Crippen LogP contribution in [0.1, 0.15) is 40.2 Å². The molecule has 1 nitrogen and oxygen atoms in total. The van der Waals surface area contributed by atoms with E-state index in [1.54, 1.807) is 6.92 Å². The molecule has 0 radical (unpaired) electrons. The summed E-state index contributed by atoms with van der Waals surface area (Å²) in [6.45, 7) is 13.3. The number of rotatable bonds is 2. The number of nitrogens with one attached hydrogen (secondary N) is 1. The monoisotopic (exact) mass is 261 g/mol. The van der Waals surface area contributed by atoms with Crippen LogP contribution in [0.15, 0.2) is 36.5 Å². The van der Waals surface area contributed by atoms with Crippen molar-refractivity contribution >= 4 is 5.69 Å². The van der Waals surface area contributed by atoms with Crippen molar-refractivity contribution in [2.45, 2.75) is 40.8 Å². The van der Waals surface area contributed by atoms with E-state index in [0.717, 1.165) is 12.1 Å². The Balaban J connectivity index is 0. The third-order valence-electron chi connectivity index (χ3n) is 1.57. The Morgan fingerprint density at radius 1 is 1.00 bits per heavy atom. The van der Waals surface area contributed by atoms with Gasteiger partial charge in [0.05, 0.1) is 5.56 Å². The minimum absolute atomic E-state index is 0.602. The van der Waals surface area contributed by atoms with Crippen molar-refractivity contribution in [3.05, 3.63) is 42.1 Å². The Morgan fingerprint density at radius 2 is 1.39 bits per heavy atom. The van der Waals surface area contributed by atoms with Crippen LogP contribution in [-0.4, -0.2) is 0 Å². The summed E-state index contributed by atoms with van der Waals surface area (Å²) in [6, 6.07) is 4.81. The van der Waals surface area contributed by atoms with E-state index < -0.39 is 11.7 Å². The minimum Gasteiger partial charge on any atom is -0.360 e. The summed E-state index contributed by atoms with van der Waals surface area (Å²) >= 11 is 0. The van der Waals surface area contributed by atoms with Gasteiger partial charge in [0.25, 0.3) is 0 Å². The normalized spacial score (nSPS) is 9.33. The van der Waals surface area contributed by atoms with Crippen molar-refractivity contribution in [1.29, 1.82) is 0 Å². The summed E-state index contributed by atoms with van der Waals surface area (Å²) in [7, 11) is 0. The molecule has 18 heavy (non-hydrogen) atoms. The lowest BCUT2D eigenvalue weighted by Gasteiger charge is -2.08. The molecule has 1 aromatic rings. The zero-order valence-corrected chi connectivity index (χ0v) is 11.7. The van der Waals surface area contributed by atoms with Crippen LogP contribution in [0.25, 0.3) is 0 Å². The highest BCUT2D eigenvalue weighted by atomic mass is 19.4. The number of benzene rings is 1. The van der Waals surface area contributed by atoms with E-state index in [2.05, 4.69) is 11.9 Å². The van der Waals surface area contributed by atoms with Crippen LogP contribution in [-0.2, 0) is 6.18 Å². The van der Waals surface area contributed by atoms with Crippen molar-refractivity contribution < 1.29 is 13.2 Å². The molecule has 0 aliphatic carbocycles. The second-order valence-corrected chi connectivity index (χ2v) is 2.98. The van der Waals surface area contributed by atoms with Gasteiger partial charge in [0.15, 0.2) is 0 Å². The second kappa shape index (κ2) is 9.57. The van der Waals surface area contributed by atoms with E-state index in [9.17, 15) is 13.2 Å². The van der Waals surface area contributed by atoms with E-state index in [1.165, 1.54) is 12.1 Å². The van der Waals surface area contributed by atoms with Crippen LogP contribution in [0.4, 0.5) is 18.9 Å². The van der Waals surface area contributed by atoms with Crippen molar-refractivity contribution in [2.75, 3.05) is 5.32 Å². The molecule has 0 fully saturated rings. The zero-order valence-electron chi connectivity index (χ0n) is 11.7. The molecule has 0 unspecified atom stereocenters. The highest BCUT2D eigenvalue weighted by Crippen LogP contribution is 2.29. The van der Waals surface area contributed by atoms with Crippen molar-refractivity contribution in [1.82, 2.24) is 0 Å². The molecule has 0 atom stereocenters. The van der Waals surface area contributed by atoms with Crippen LogP contribution >= 0.6 is 0 Å². The predicted octanol–water partition coefficient (Wildman–Crippen LogP) is 5.70. The molecule has 1 rings (SSSR count). The summed E-state index contributed by atoms with van der Waals surface area (Å²) < 4.78 is 36.4. The van der Waals surface area contributed by atoms with Crippen molar-refractivity contribution in [2.24, 2.45) is 0 Å². The fraction of sp³-hybridized carbons (Fsp3) is 0.429. The molecule has 0 aromatic heterocycles. The molecule has 1 N–H and O–H groups in total. The highest BCUT2D eigenvalue weighted by molar-refractivity contribution is 5.48. The summed E-state index contributed by atoms with van der Waals surface area (Å²) in [4.78, 5) is 0. The van der Waals surface area contributed by atoms with E-state index in [1.807, 2.05) is 27.7 Å². The van der Waals surface area contributed by atoms with Gasteiger partial charge in [-0.3, -0.25) is 0 Å². The molecular weight excluding hydrogens is 239 g/mol. The molecule has 0 heterocycles. The lowest BCUT2D eigenvalue weighted by molar-refractivity contribution is -0.137. The summed E-state index contributed by atoms with van der Waals surface area (Å²) in [5, 5.41) is 2.82. The van der Waals surface area contributed by atoms with E-state index in [4.69, 9.17) is 0 Å². The lowest BCUT2D eigenvalue weighted by atomic mass is 10.2. The Kier molecular flexibility index (Phi) is 10.0. The molecule has 1 aromatic carbocycles. The molecule has 0 bridgehead atoms. The number of alkyl halides is 3. The van der Waals surface area contributed by atoms with Gasteiger partial charge in [-0.1, -0.05) is 34.3 Å². The van der Waals surface area contributed by atoms with E-state index in [0.29, 0.717) is 11.4 Å². The van der Waals surface area contributed by atoms with Crippen LogP contribution in [0, 0.1) is 0 Å². The molecule has 104 valence electrons. The smallest absolute Gasteiger partial charge is 0.360 e. The number of hydrogen-bond donors (Lipinski definition) is 1. The number of hydrogen-bond acceptors (Lipinski definition) is 1. The first kappa shape index (κ1) is 18.9. The van der Waals surface area contributed by atoms with Crippen LogP contribution in [0.5, 0.6) is 0 Å². The first-order valence-corrected chi connectivity index (χ1v) is 5.99. The largest absolute Gasteiger partial charge is 0.416 e. The van der Waals surface area contributed by atoms with E-state index >= 15 is 0 Å². The molecule has 0 spiro atoms. The van der Waals surface area contributed by atoms with Gasteiger partial charge in [0.1, 0.15) is 0 Å². The predicted molar refractivity (Wildman–Crippen MR) is 72.6 cm³/mol. The molecule has 0 saturated carbocycles. The highest BCUT2D eigenvalue weighted by Gasteiger charge is 2.29. The van der Waals surface area contributed by atoms with Crippen LogP contribution < -0.4 is 5.32 Å². The van der Waals surface area contributed by atoms with Crippen molar-refractivity contribution in [3.8, 4) is 0 Å². The molecule has 0 amide bonds. The maximum atomic E-state index is 12.1. The average Bonchev–Trinajstić information content (AvgIpc) is 2.33. The summed E-state index contributed by atoms with van der Waals surface area (Å²) in [5.41, 5.74) is 0.639. The van der Waals surface area contributed by atoms with Gasteiger partial charge in [-0.2, -0.15) is 13.2 Å². The average molecular weight is 261 g/mol. The zero-order chi connectivity index (χ0) is 14.8. The van der Waals surface area contributed by atoms with Crippen LogP contribution in [0.3, 0.4) is 0 Å². The fourth-order valence-electron chi connectivity index (χ4n) is 0.989. The fourth-order valence-corrected chi connectivity index (χ4v) is 0.989. The van der Waals surface area contributed by atoms with Gasteiger partial charge in [0, 0.05) is 11.4 Å². The maximum Gasteiger partial charge on any atom is 0.416 e. The van der Waals surface area contributed by atoms with E-state index in [-0.39, 0.29) is 0 Å². The number of halogens is 3. The van der Waals surface area contributed by atoms with Crippen molar-refractivity contribution in [3.63, 3.8) is 0 Å². The first-order valence-electron chi connectivity index (χ1n) is 5.99. The Labute approximate surface area is 108 Å². The standard InChI is InChI=1S/C10H10F3N.2C2H6/c1-7(2)14-9-5-3-8(4-6-9)10(11,12)13;2*1-2/h3-6,14H,1H2,2H3;2*1-2H3. The van der Waals surface area contributed by atoms with Gasteiger partial charge < -0.3 is 5.32 Å². The third-order valence-corrected chi connectivity index (χ3v) is 1.57. The molecule has 4 heteroatoms. The summed E-state index contributed by atoms with van der Waals surface area (Å²) in [6.07, 6.45) is -4.28. The number of allylic oxidation sites excluding steroid dienone is 1. The maximum absolute atomic E-state index is 12.1. The second-order valence-electron chi connectivity index (χ2n) is 2.98. The Morgan fingerprint density at radius 3 is 1.67 bits per heavy atom. The lowest BCUT2D eigenvalue weighted by Crippen LogP contribution is -2.04. The summed E-state index contributed by atoms with van der Waals surface area (Å²) in [5.74, 6) is 0. The van der Waals surface area contributed by atoms with Crippen LogP contribution in [0.2, 0.25) is 0 Å². The topological polar surface area (TPSA) is 12.0 Å². The molecular formula is C14H22F3N. The number of anilines is 1. The SMILES string of the molecule is C=C(C)Nc1ccc(C(F)(F)F)cc1.CC.CC. The molecule has 0 saturated heterocycles. The van der Waals surface area contributed by atoms with Gasteiger partial charge in [-0.25, -0.2) is 0 Å².